The number of rotatable bonds is 4. The van der Waals surface area contributed by atoms with E-state index in [1.807, 2.05) is 29.2 Å². The second kappa shape index (κ2) is 8.69. The van der Waals surface area contributed by atoms with Crippen molar-refractivity contribution in [1.29, 1.82) is 0 Å². The van der Waals surface area contributed by atoms with Crippen LogP contribution in [0.3, 0.4) is 0 Å². The monoisotopic (exact) mass is 470 g/mol. The topological polar surface area (TPSA) is 33.1 Å². The summed E-state index contributed by atoms with van der Waals surface area (Å²) >= 11 is 5.76. The molecule has 1 saturated heterocycles. The van der Waals surface area contributed by atoms with Crippen molar-refractivity contribution in [2.24, 2.45) is 0 Å². The molecule has 1 fully saturated rings. The minimum Gasteiger partial charge on any atom is -0.351 e. The lowest BCUT2D eigenvalue weighted by molar-refractivity contribution is 0.556. The summed E-state index contributed by atoms with van der Waals surface area (Å²) in [4.78, 5) is 6.51. The van der Waals surface area contributed by atoms with Gasteiger partial charge < -0.3 is 14.8 Å². The van der Waals surface area contributed by atoms with Crippen molar-refractivity contribution in [1.82, 2.24) is 14.9 Å². The maximum atomic E-state index is 15.0. The summed E-state index contributed by atoms with van der Waals surface area (Å²) in [5.41, 5.74) is 8.18. The van der Waals surface area contributed by atoms with Crippen LogP contribution in [-0.2, 0) is 0 Å². The largest absolute Gasteiger partial charge is 0.351 e. The Kier molecular flexibility index (Phi) is 5.70. The molecule has 1 aliphatic rings. The molecule has 0 bridgehead atoms. The molecule has 172 valence electrons. The van der Waals surface area contributed by atoms with Crippen LogP contribution in [0.4, 0.5) is 10.1 Å². The van der Waals surface area contributed by atoms with Crippen molar-refractivity contribution < 1.29 is 4.39 Å². The van der Waals surface area contributed by atoms with Crippen molar-refractivity contribution in [2.45, 2.75) is 39.8 Å². The van der Waals surface area contributed by atoms with E-state index in [2.05, 4.69) is 66.8 Å². The Balaban J connectivity index is 1.71. The van der Waals surface area contributed by atoms with E-state index in [1.54, 1.807) is 18.3 Å². The molecule has 3 heterocycles. The van der Waals surface area contributed by atoms with E-state index in [9.17, 15) is 0 Å². The van der Waals surface area contributed by atoms with Gasteiger partial charge in [0.1, 0.15) is 5.82 Å². The van der Waals surface area contributed by atoms with Gasteiger partial charge in [-0.05, 0) is 99.1 Å². The summed E-state index contributed by atoms with van der Waals surface area (Å²) in [7, 11) is 0. The molecule has 4 nitrogen and oxygen atoms in total. The molecular formula is C28H27FN4S. The van der Waals surface area contributed by atoms with E-state index in [1.165, 1.54) is 17.2 Å². The van der Waals surface area contributed by atoms with Gasteiger partial charge >= 0.3 is 0 Å². The van der Waals surface area contributed by atoms with Crippen molar-refractivity contribution in [3.63, 3.8) is 0 Å². The van der Waals surface area contributed by atoms with Gasteiger partial charge in [-0.15, -0.1) is 0 Å². The van der Waals surface area contributed by atoms with E-state index >= 15 is 4.39 Å². The minimum atomic E-state index is -0.304. The normalized spacial score (nSPS) is 17.8. The third-order valence-electron chi connectivity index (χ3n) is 6.46. The second-order valence-electron chi connectivity index (χ2n) is 8.96. The lowest BCUT2D eigenvalue weighted by atomic mass is 9.96. The van der Waals surface area contributed by atoms with E-state index in [4.69, 9.17) is 12.2 Å². The first-order chi connectivity index (χ1) is 16.3. The van der Waals surface area contributed by atoms with Crippen molar-refractivity contribution in [3.8, 4) is 5.69 Å². The number of pyridine rings is 1. The zero-order valence-electron chi connectivity index (χ0n) is 19.7. The maximum absolute atomic E-state index is 15.0. The highest BCUT2D eigenvalue weighted by Crippen LogP contribution is 2.44. The van der Waals surface area contributed by atoms with E-state index in [0.29, 0.717) is 10.8 Å². The fraction of sp³-hybridized carbons (Fsp3) is 0.214. The van der Waals surface area contributed by atoms with Crippen LogP contribution < -0.4 is 10.2 Å². The first kappa shape index (κ1) is 22.3. The number of benzene rings is 2. The van der Waals surface area contributed by atoms with Gasteiger partial charge in [-0.1, -0.05) is 24.3 Å². The number of nitrogens with zero attached hydrogens (tertiary/aromatic N) is 3. The first-order valence-corrected chi connectivity index (χ1v) is 11.8. The molecule has 2 aromatic carbocycles. The molecule has 0 saturated carbocycles. The van der Waals surface area contributed by atoms with Crippen LogP contribution in [0.5, 0.6) is 0 Å². The fourth-order valence-electron chi connectivity index (χ4n) is 5.14. The van der Waals surface area contributed by atoms with Crippen LogP contribution in [0.25, 0.3) is 5.69 Å². The molecule has 0 unspecified atom stereocenters. The zero-order chi connectivity index (χ0) is 24.0. The predicted molar refractivity (Wildman–Crippen MR) is 139 cm³/mol. The minimum absolute atomic E-state index is 0.221. The smallest absolute Gasteiger partial charge is 0.174 e. The van der Waals surface area contributed by atoms with Crippen LogP contribution in [0, 0.1) is 33.5 Å². The summed E-state index contributed by atoms with van der Waals surface area (Å²) in [6.45, 7) is 8.46. The Labute approximate surface area is 205 Å². The second-order valence-corrected chi connectivity index (χ2v) is 9.34. The van der Waals surface area contributed by atoms with E-state index in [0.717, 1.165) is 28.3 Å². The number of thiocarbonyl (C=S) groups is 1. The molecule has 2 aromatic heterocycles. The highest BCUT2D eigenvalue weighted by atomic mass is 32.1. The molecule has 0 spiro atoms. The Bertz CT molecular complexity index is 1360. The van der Waals surface area contributed by atoms with Gasteiger partial charge in [0.2, 0.25) is 0 Å². The summed E-state index contributed by atoms with van der Waals surface area (Å²) in [6.07, 6.45) is 1.78. The van der Waals surface area contributed by atoms with Crippen LogP contribution in [0.2, 0.25) is 0 Å². The number of halogens is 1. The first-order valence-electron chi connectivity index (χ1n) is 11.4. The SMILES string of the molecule is Cc1cc(C)cc(-n2c(C)cc([C@@H]3[C@H](c4ccccn4)NC(=S)N3c3ccccc3F)c2C)c1. The zero-order valence-corrected chi connectivity index (χ0v) is 20.5. The Hall–Kier alpha value is -3.51. The average molecular weight is 471 g/mol. The van der Waals surface area contributed by atoms with Crippen LogP contribution in [0.15, 0.2) is 72.9 Å². The standard InChI is InChI=1S/C28H27FN4S/c1-17-13-18(2)15-21(14-17)32-19(3)16-22(20(32)4)27-26(24-10-7-8-12-30-24)31-28(34)33(27)25-11-6-5-9-23(25)29/h5-16,26-27H,1-4H3,(H,31,34)/t26-,27+/m0/s1. The van der Waals surface area contributed by atoms with E-state index in [-0.39, 0.29) is 17.9 Å². The van der Waals surface area contributed by atoms with Crippen LogP contribution in [-0.4, -0.2) is 14.7 Å². The highest BCUT2D eigenvalue weighted by Gasteiger charge is 2.43. The molecule has 34 heavy (non-hydrogen) atoms. The number of hydrogen-bond acceptors (Lipinski definition) is 2. The van der Waals surface area contributed by atoms with Gasteiger partial charge in [0.25, 0.3) is 0 Å². The third kappa shape index (κ3) is 3.78. The molecular weight excluding hydrogens is 443 g/mol. The quantitative estimate of drug-likeness (QED) is 0.349. The molecule has 0 radical (unpaired) electrons. The number of para-hydroxylation sites is 1. The number of nitrogens with one attached hydrogen (secondary N) is 1. The Morgan fingerprint density at radius 3 is 2.29 bits per heavy atom. The Morgan fingerprint density at radius 2 is 1.62 bits per heavy atom. The summed E-state index contributed by atoms with van der Waals surface area (Å²) < 4.78 is 17.3. The van der Waals surface area contributed by atoms with Gasteiger partial charge in [-0.2, -0.15) is 0 Å². The molecule has 4 aromatic rings. The average Bonchev–Trinajstić information content (AvgIpc) is 3.29. The third-order valence-corrected chi connectivity index (χ3v) is 6.78. The van der Waals surface area contributed by atoms with Gasteiger partial charge in [-0.3, -0.25) is 4.98 Å². The summed E-state index contributed by atoms with van der Waals surface area (Å²) in [6, 6.07) is 20.9. The summed E-state index contributed by atoms with van der Waals surface area (Å²) in [5, 5.41) is 3.92. The fourth-order valence-corrected chi connectivity index (χ4v) is 5.48. The van der Waals surface area contributed by atoms with Crippen molar-refractivity contribution in [3.05, 3.63) is 113 Å². The molecule has 2 atom stereocenters. The molecule has 0 aliphatic carbocycles. The molecule has 1 aliphatic heterocycles. The molecule has 0 amide bonds. The van der Waals surface area contributed by atoms with Gasteiger partial charge in [0.15, 0.2) is 5.11 Å². The van der Waals surface area contributed by atoms with Gasteiger partial charge in [-0.25, -0.2) is 4.39 Å². The predicted octanol–water partition coefficient (Wildman–Crippen LogP) is 6.42. The van der Waals surface area contributed by atoms with Crippen LogP contribution >= 0.6 is 12.2 Å². The molecule has 6 heteroatoms. The number of aromatic nitrogens is 2. The van der Waals surface area contributed by atoms with Gasteiger partial charge in [0, 0.05) is 23.3 Å². The number of hydrogen-bond donors (Lipinski definition) is 1. The van der Waals surface area contributed by atoms with Gasteiger partial charge in [0.05, 0.1) is 23.5 Å². The summed E-state index contributed by atoms with van der Waals surface area (Å²) in [5.74, 6) is -0.304. The lowest BCUT2D eigenvalue weighted by Crippen LogP contribution is -2.30. The number of anilines is 1. The van der Waals surface area contributed by atoms with Crippen molar-refractivity contribution >= 4 is 23.0 Å². The van der Waals surface area contributed by atoms with Crippen molar-refractivity contribution in [2.75, 3.05) is 4.90 Å². The Morgan fingerprint density at radius 1 is 0.912 bits per heavy atom. The highest BCUT2D eigenvalue weighted by molar-refractivity contribution is 7.80. The molecule has 5 rings (SSSR count). The van der Waals surface area contributed by atoms with Crippen LogP contribution in [0.1, 0.15) is 45.9 Å². The molecule has 1 N–H and O–H groups in total. The maximum Gasteiger partial charge on any atom is 0.174 e. The lowest BCUT2D eigenvalue weighted by Gasteiger charge is -2.28. The number of aryl methyl sites for hydroxylation is 3. The van der Waals surface area contributed by atoms with E-state index < -0.39 is 0 Å².